The highest BCUT2D eigenvalue weighted by atomic mass is 16.8. The molecule has 3 aromatic carbocycles. The number of rotatable bonds is 6. The lowest BCUT2D eigenvalue weighted by Crippen LogP contribution is -2.35. The van der Waals surface area contributed by atoms with Crippen LogP contribution in [0.25, 0.3) is 0 Å². The summed E-state index contributed by atoms with van der Waals surface area (Å²) in [6.07, 6.45) is -1.43. The Bertz CT molecular complexity index is 1030. The lowest BCUT2D eigenvalue weighted by atomic mass is 9.80. The van der Waals surface area contributed by atoms with Crippen LogP contribution in [-0.2, 0) is 19.8 Å². The van der Waals surface area contributed by atoms with Gasteiger partial charge in [0, 0.05) is 0 Å². The number of fused-ring (bicyclic) bond motifs is 1. The fourth-order valence-corrected chi connectivity index (χ4v) is 5.10. The van der Waals surface area contributed by atoms with Crippen LogP contribution >= 0.6 is 0 Å². The van der Waals surface area contributed by atoms with Gasteiger partial charge in [-0.25, -0.2) is 0 Å². The largest absolute Gasteiger partial charge is 0.386 e. The first-order valence-electron chi connectivity index (χ1n) is 11.5. The first-order valence-corrected chi connectivity index (χ1v) is 11.5. The Morgan fingerprint density at radius 3 is 1.70 bits per heavy atom. The van der Waals surface area contributed by atoms with Gasteiger partial charge in [0.1, 0.15) is 23.9 Å². The summed E-state index contributed by atoms with van der Waals surface area (Å²) in [7, 11) is 0. The van der Waals surface area contributed by atoms with E-state index in [1.54, 1.807) is 0 Å². The molecule has 0 aromatic heterocycles. The number of aliphatic hydroxyl groups is 1. The fraction of sp³-hybridized carbons (Fsp3) is 0.310. The molecule has 0 radical (unpaired) electrons. The third-order valence-corrected chi connectivity index (χ3v) is 6.72. The molecule has 4 heteroatoms. The van der Waals surface area contributed by atoms with Gasteiger partial charge in [0.2, 0.25) is 0 Å². The Morgan fingerprint density at radius 2 is 1.24 bits per heavy atom. The maximum Gasteiger partial charge on any atom is 0.164 e. The molecule has 5 rings (SSSR count). The molecule has 0 spiro atoms. The third kappa shape index (κ3) is 3.83. The van der Waals surface area contributed by atoms with Crippen molar-refractivity contribution in [2.45, 2.75) is 50.5 Å². The summed E-state index contributed by atoms with van der Waals surface area (Å²) in [6.45, 7) is 6.01. The van der Waals surface area contributed by atoms with Crippen molar-refractivity contribution in [2.24, 2.45) is 0 Å². The molecular formula is C29H30O4. The maximum atomic E-state index is 10.8. The van der Waals surface area contributed by atoms with Gasteiger partial charge in [0.05, 0.1) is 6.61 Å². The zero-order valence-electron chi connectivity index (χ0n) is 19.3. The zero-order chi connectivity index (χ0) is 23.1. The van der Waals surface area contributed by atoms with Crippen LogP contribution in [0.4, 0.5) is 0 Å². The summed E-state index contributed by atoms with van der Waals surface area (Å²) < 4.78 is 19.2. The van der Waals surface area contributed by atoms with Crippen LogP contribution in [0.1, 0.15) is 37.5 Å². The number of ether oxygens (including phenoxy) is 3. The fourth-order valence-electron chi connectivity index (χ4n) is 5.10. The number of aliphatic hydroxyl groups excluding tert-OH is 1. The molecule has 0 saturated carbocycles. The standard InChI is InChI=1S/C29H30O4/c1-20-24(26-27(25(20)30)33-28(2,3)32-26)19-31-29(21-13-7-4-8-14-21,22-15-9-5-10-16-22)23-17-11-6-12-18-23/h4-18,25-27,30H,19H2,1-3H3/t25-,26+,27-/m0/s1. The smallest absolute Gasteiger partial charge is 0.164 e. The zero-order valence-corrected chi connectivity index (χ0v) is 19.3. The topological polar surface area (TPSA) is 47.9 Å². The summed E-state index contributed by atoms with van der Waals surface area (Å²) in [5.74, 6) is -0.738. The Morgan fingerprint density at radius 1 is 0.788 bits per heavy atom. The van der Waals surface area contributed by atoms with E-state index in [0.717, 1.165) is 27.8 Å². The van der Waals surface area contributed by atoms with Crippen molar-refractivity contribution < 1.29 is 19.3 Å². The van der Waals surface area contributed by atoms with Crippen LogP contribution in [0.3, 0.4) is 0 Å². The SMILES string of the molecule is CC1=C(COC(c2ccccc2)(c2ccccc2)c2ccccc2)[C@H]2OC(C)(C)O[C@H]2[C@H]1O. The van der Waals surface area contributed by atoms with Crippen molar-refractivity contribution in [2.75, 3.05) is 6.61 Å². The quantitative estimate of drug-likeness (QED) is 0.421. The summed E-state index contributed by atoms with van der Waals surface area (Å²) in [5, 5.41) is 10.8. The van der Waals surface area contributed by atoms with Crippen molar-refractivity contribution in [3.8, 4) is 0 Å². The van der Waals surface area contributed by atoms with Crippen LogP contribution in [-0.4, -0.2) is 35.8 Å². The van der Waals surface area contributed by atoms with E-state index in [-0.39, 0.29) is 6.10 Å². The highest BCUT2D eigenvalue weighted by Crippen LogP contribution is 2.45. The van der Waals surface area contributed by atoms with E-state index in [4.69, 9.17) is 14.2 Å². The van der Waals surface area contributed by atoms with E-state index in [1.807, 2.05) is 75.4 Å². The van der Waals surface area contributed by atoms with Gasteiger partial charge >= 0.3 is 0 Å². The van der Waals surface area contributed by atoms with Gasteiger partial charge in [-0.05, 0) is 48.6 Å². The molecule has 1 fully saturated rings. The Balaban J connectivity index is 1.60. The van der Waals surface area contributed by atoms with Crippen LogP contribution in [0, 0.1) is 0 Å². The van der Waals surface area contributed by atoms with E-state index in [2.05, 4.69) is 36.4 Å². The van der Waals surface area contributed by atoms with Gasteiger partial charge in [-0.1, -0.05) is 91.0 Å². The molecule has 1 aliphatic carbocycles. The van der Waals surface area contributed by atoms with E-state index in [1.165, 1.54) is 0 Å². The molecule has 170 valence electrons. The molecule has 1 saturated heterocycles. The van der Waals surface area contributed by atoms with E-state index < -0.39 is 23.6 Å². The monoisotopic (exact) mass is 442 g/mol. The molecule has 2 aliphatic rings. The minimum absolute atomic E-state index is 0.308. The second-order valence-electron chi connectivity index (χ2n) is 9.24. The molecule has 0 bridgehead atoms. The molecule has 1 aliphatic heterocycles. The first-order chi connectivity index (χ1) is 15.9. The minimum atomic E-state index is -0.824. The van der Waals surface area contributed by atoms with Crippen LogP contribution in [0.15, 0.2) is 102 Å². The van der Waals surface area contributed by atoms with E-state index in [9.17, 15) is 5.11 Å². The van der Waals surface area contributed by atoms with E-state index >= 15 is 0 Å². The lowest BCUT2D eigenvalue weighted by Gasteiger charge is -2.36. The predicted octanol–water partition coefficient (Wildman–Crippen LogP) is 5.21. The Hall–Kier alpha value is -2.76. The highest BCUT2D eigenvalue weighted by molar-refractivity contribution is 5.47. The molecule has 3 atom stereocenters. The van der Waals surface area contributed by atoms with Gasteiger partial charge in [-0.2, -0.15) is 0 Å². The average molecular weight is 443 g/mol. The Labute approximate surface area is 195 Å². The third-order valence-electron chi connectivity index (χ3n) is 6.72. The number of hydrogen-bond donors (Lipinski definition) is 1. The molecule has 33 heavy (non-hydrogen) atoms. The van der Waals surface area contributed by atoms with Gasteiger partial charge in [-0.3, -0.25) is 0 Å². The molecule has 1 N–H and O–H groups in total. The first kappa shape index (κ1) is 22.1. The van der Waals surface area contributed by atoms with Crippen molar-refractivity contribution in [1.82, 2.24) is 0 Å². The van der Waals surface area contributed by atoms with Crippen molar-refractivity contribution in [3.63, 3.8) is 0 Å². The van der Waals surface area contributed by atoms with Crippen LogP contribution in [0.2, 0.25) is 0 Å². The molecular weight excluding hydrogens is 412 g/mol. The normalized spacial score (nSPS) is 24.2. The molecule has 1 heterocycles. The summed E-state index contributed by atoms with van der Waals surface area (Å²) in [4.78, 5) is 0. The highest BCUT2D eigenvalue weighted by Gasteiger charge is 2.52. The molecule has 4 nitrogen and oxygen atoms in total. The minimum Gasteiger partial charge on any atom is -0.386 e. The second-order valence-corrected chi connectivity index (χ2v) is 9.24. The second kappa shape index (κ2) is 8.54. The van der Waals surface area contributed by atoms with Gasteiger partial charge in [0.15, 0.2) is 5.79 Å². The van der Waals surface area contributed by atoms with Crippen molar-refractivity contribution in [1.29, 1.82) is 0 Å². The number of benzene rings is 3. The van der Waals surface area contributed by atoms with Gasteiger partial charge in [0.25, 0.3) is 0 Å². The predicted molar refractivity (Wildman–Crippen MR) is 128 cm³/mol. The number of hydrogen-bond acceptors (Lipinski definition) is 4. The van der Waals surface area contributed by atoms with Crippen LogP contribution < -0.4 is 0 Å². The van der Waals surface area contributed by atoms with E-state index in [0.29, 0.717) is 6.61 Å². The van der Waals surface area contributed by atoms with Gasteiger partial charge < -0.3 is 19.3 Å². The maximum absolute atomic E-state index is 10.8. The summed E-state index contributed by atoms with van der Waals surface area (Å²) in [5.41, 5.74) is 4.11. The van der Waals surface area contributed by atoms with Crippen molar-refractivity contribution in [3.05, 3.63) is 119 Å². The molecule has 0 amide bonds. The van der Waals surface area contributed by atoms with Crippen LogP contribution in [0.5, 0.6) is 0 Å². The summed E-state index contributed by atoms with van der Waals surface area (Å²) >= 11 is 0. The Kier molecular flexibility index (Phi) is 5.71. The molecule has 0 unspecified atom stereocenters. The summed E-state index contributed by atoms with van der Waals surface area (Å²) in [6, 6.07) is 30.9. The molecule has 3 aromatic rings. The van der Waals surface area contributed by atoms with Crippen molar-refractivity contribution >= 4 is 0 Å². The lowest BCUT2D eigenvalue weighted by molar-refractivity contribution is -0.154. The average Bonchev–Trinajstić information content (AvgIpc) is 3.27. The van der Waals surface area contributed by atoms with Gasteiger partial charge in [-0.15, -0.1) is 0 Å².